The van der Waals surface area contributed by atoms with Crippen molar-refractivity contribution in [3.8, 4) is 0 Å². The highest BCUT2D eigenvalue weighted by Gasteiger charge is 2.19. The van der Waals surface area contributed by atoms with Crippen LogP contribution in [0.1, 0.15) is 5.56 Å². The Kier molecular flexibility index (Phi) is 4.62. The molecule has 0 unspecified atom stereocenters. The average Bonchev–Trinajstić information content (AvgIpc) is 2.48. The van der Waals surface area contributed by atoms with Gasteiger partial charge in [-0.2, -0.15) is 0 Å². The normalized spacial score (nSPS) is 10.7. The molecule has 0 aromatic heterocycles. The van der Waals surface area contributed by atoms with E-state index in [1.165, 1.54) is 12.1 Å². The van der Waals surface area contributed by atoms with E-state index >= 15 is 0 Å². The summed E-state index contributed by atoms with van der Waals surface area (Å²) in [7, 11) is 0. The van der Waals surface area contributed by atoms with Crippen LogP contribution in [0, 0.1) is 20.2 Å². The third-order valence-corrected chi connectivity index (χ3v) is 3.26. The monoisotopic (exact) mass is 303 g/mol. The zero-order valence-electron chi connectivity index (χ0n) is 10.6. The molecular formula is C13H9N3O4S. The zero-order chi connectivity index (χ0) is 15.2. The van der Waals surface area contributed by atoms with Gasteiger partial charge in [-0.1, -0.05) is 30.3 Å². The number of benzene rings is 2. The second kappa shape index (κ2) is 6.62. The second-order valence-corrected chi connectivity index (χ2v) is 4.74. The van der Waals surface area contributed by atoms with Crippen molar-refractivity contribution in [1.29, 1.82) is 0 Å². The van der Waals surface area contributed by atoms with Gasteiger partial charge in [0, 0.05) is 24.2 Å². The van der Waals surface area contributed by atoms with Crippen molar-refractivity contribution in [2.45, 2.75) is 4.90 Å². The quantitative estimate of drug-likeness (QED) is 0.363. The Balaban J connectivity index is 2.22. The lowest BCUT2D eigenvalue weighted by molar-refractivity contribution is -0.396. The minimum Gasteiger partial charge on any atom is -0.258 e. The molecule has 0 spiro atoms. The molecule has 8 heteroatoms. The van der Waals surface area contributed by atoms with Gasteiger partial charge < -0.3 is 0 Å². The lowest BCUT2D eigenvalue weighted by atomic mass is 10.2. The predicted octanol–water partition coefficient (Wildman–Crippen LogP) is 3.63. The molecule has 2 aromatic rings. The highest BCUT2D eigenvalue weighted by Crippen LogP contribution is 2.32. The van der Waals surface area contributed by atoms with Gasteiger partial charge >= 0.3 is 0 Å². The van der Waals surface area contributed by atoms with Crippen LogP contribution in [-0.4, -0.2) is 16.1 Å². The number of hydrogen-bond donors (Lipinski definition) is 0. The van der Waals surface area contributed by atoms with Crippen LogP contribution in [0.2, 0.25) is 0 Å². The van der Waals surface area contributed by atoms with E-state index in [4.69, 9.17) is 0 Å². The van der Waals surface area contributed by atoms with E-state index in [-0.39, 0.29) is 16.3 Å². The molecule has 0 aliphatic heterocycles. The first-order chi connectivity index (χ1) is 10.1. The topological polar surface area (TPSA) is 98.6 Å². The van der Waals surface area contributed by atoms with Gasteiger partial charge in [-0.15, -0.1) is 0 Å². The Labute approximate surface area is 123 Å². The average molecular weight is 303 g/mol. The fourth-order valence-corrected chi connectivity index (χ4v) is 2.17. The predicted molar refractivity (Wildman–Crippen MR) is 79.6 cm³/mol. The smallest absolute Gasteiger partial charge is 0.258 e. The van der Waals surface area contributed by atoms with E-state index in [1.807, 2.05) is 30.3 Å². The minimum atomic E-state index is -0.672. The van der Waals surface area contributed by atoms with Gasteiger partial charge in [0.15, 0.2) is 0 Å². The van der Waals surface area contributed by atoms with E-state index in [1.54, 1.807) is 6.21 Å². The Morgan fingerprint density at radius 1 is 1.00 bits per heavy atom. The molecule has 0 aliphatic carbocycles. The van der Waals surface area contributed by atoms with E-state index in [9.17, 15) is 20.2 Å². The summed E-state index contributed by atoms with van der Waals surface area (Å²) in [6.45, 7) is 0. The van der Waals surface area contributed by atoms with Crippen molar-refractivity contribution in [3.63, 3.8) is 0 Å². The van der Waals surface area contributed by atoms with E-state index in [2.05, 4.69) is 4.40 Å². The van der Waals surface area contributed by atoms with Gasteiger partial charge in [0.25, 0.3) is 11.4 Å². The lowest BCUT2D eigenvalue weighted by Crippen LogP contribution is -1.94. The van der Waals surface area contributed by atoms with Gasteiger partial charge in [-0.3, -0.25) is 20.2 Å². The summed E-state index contributed by atoms with van der Waals surface area (Å²) in [6.07, 6.45) is 1.57. The van der Waals surface area contributed by atoms with Crippen LogP contribution in [-0.2, 0) is 0 Å². The van der Waals surface area contributed by atoms with Crippen molar-refractivity contribution in [2.75, 3.05) is 0 Å². The first kappa shape index (κ1) is 14.7. The third-order valence-electron chi connectivity index (χ3n) is 2.50. The molecule has 106 valence electrons. The lowest BCUT2D eigenvalue weighted by Gasteiger charge is -1.98. The maximum absolute atomic E-state index is 10.9. The Hall–Kier alpha value is -2.74. The third kappa shape index (κ3) is 3.86. The standard InChI is InChI=1S/C13H9N3O4S/c17-15(18)11-6-7-13(12(8-11)16(19)20)21-14-9-10-4-2-1-3-5-10/h1-9H/b14-9-. The van der Waals surface area contributed by atoms with E-state index < -0.39 is 9.85 Å². The van der Waals surface area contributed by atoms with Crippen LogP contribution in [0.25, 0.3) is 0 Å². The molecular weight excluding hydrogens is 294 g/mol. The number of nitrogens with zero attached hydrogens (tertiary/aromatic N) is 3. The summed E-state index contributed by atoms with van der Waals surface area (Å²) in [5.74, 6) is 0. The number of non-ortho nitro benzene ring substituents is 1. The first-order valence-electron chi connectivity index (χ1n) is 5.76. The van der Waals surface area contributed by atoms with Crippen LogP contribution < -0.4 is 0 Å². The minimum absolute atomic E-state index is 0.248. The zero-order valence-corrected chi connectivity index (χ0v) is 11.4. The summed E-state index contributed by atoms with van der Waals surface area (Å²) in [4.78, 5) is 20.5. The highest BCUT2D eigenvalue weighted by atomic mass is 32.2. The molecule has 0 radical (unpaired) electrons. The van der Waals surface area contributed by atoms with Crippen LogP contribution in [0.15, 0.2) is 57.8 Å². The maximum atomic E-state index is 10.9. The van der Waals surface area contributed by atoms with Gasteiger partial charge in [-0.25, -0.2) is 4.40 Å². The van der Waals surface area contributed by atoms with Gasteiger partial charge in [0.05, 0.1) is 15.9 Å². The number of nitro groups is 2. The van der Waals surface area contributed by atoms with Crippen molar-refractivity contribution in [3.05, 3.63) is 74.3 Å². The molecule has 2 aromatic carbocycles. The maximum Gasteiger partial charge on any atom is 0.291 e. The molecule has 21 heavy (non-hydrogen) atoms. The fourth-order valence-electron chi connectivity index (χ4n) is 1.52. The molecule has 0 saturated heterocycles. The number of hydrogen-bond acceptors (Lipinski definition) is 6. The number of nitro benzene ring substituents is 2. The molecule has 0 bridgehead atoms. The SMILES string of the molecule is O=[N+]([O-])c1ccc(S/N=C\c2ccccc2)c([N+](=O)[O-])c1. The summed E-state index contributed by atoms with van der Waals surface area (Å²) in [6, 6.07) is 12.7. The van der Waals surface area contributed by atoms with Crippen molar-refractivity contribution in [2.24, 2.45) is 4.40 Å². The molecule has 0 heterocycles. The highest BCUT2D eigenvalue weighted by molar-refractivity contribution is 7.98. The molecule has 0 N–H and O–H groups in total. The molecule has 7 nitrogen and oxygen atoms in total. The Morgan fingerprint density at radius 2 is 1.71 bits per heavy atom. The Bertz CT molecular complexity index is 704. The molecule has 0 fully saturated rings. The number of rotatable bonds is 5. The van der Waals surface area contributed by atoms with Gasteiger partial charge in [-0.05, 0) is 11.6 Å². The molecule has 0 atom stereocenters. The summed E-state index contributed by atoms with van der Waals surface area (Å²) < 4.78 is 4.05. The van der Waals surface area contributed by atoms with Crippen molar-refractivity contribution in [1.82, 2.24) is 0 Å². The van der Waals surface area contributed by atoms with Crippen LogP contribution in [0.3, 0.4) is 0 Å². The van der Waals surface area contributed by atoms with Crippen molar-refractivity contribution < 1.29 is 9.85 Å². The van der Waals surface area contributed by atoms with E-state index in [0.29, 0.717) is 0 Å². The molecule has 0 amide bonds. The first-order valence-corrected chi connectivity index (χ1v) is 6.53. The Morgan fingerprint density at radius 3 is 2.33 bits per heavy atom. The van der Waals surface area contributed by atoms with Crippen LogP contribution in [0.4, 0.5) is 11.4 Å². The van der Waals surface area contributed by atoms with E-state index in [0.717, 1.165) is 23.6 Å². The fraction of sp³-hybridized carbons (Fsp3) is 0. The molecule has 0 saturated carbocycles. The molecule has 0 aliphatic rings. The van der Waals surface area contributed by atoms with Gasteiger partial charge in [0.1, 0.15) is 4.90 Å². The van der Waals surface area contributed by atoms with Crippen molar-refractivity contribution >= 4 is 29.5 Å². The van der Waals surface area contributed by atoms with Crippen LogP contribution >= 0.6 is 11.9 Å². The largest absolute Gasteiger partial charge is 0.291 e. The van der Waals surface area contributed by atoms with Gasteiger partial charge in [0.2, 0.25) is 0 Å². The summed E-state index contributed by atoms with van der Waals surface area (Å²) in [5, 5.41) is 21.6. The van der Waals surface area contributed by atoms with Crippen LogP contribution in [0.5, 0.6) is 0 Å². The second-order valence-electron chi connectivity index (χ2n) is 3.90. The molecule has 2 rings (SSSR count). The summed E-state index contributed by atoms with van der Waals surface area (Å²) in [5.41, 5.74) is 0.201. The summed E-state index contributed by atoms with van der Waals surface area (Å²) >= 11 is 0.896.